The van der Waals surface area contributed by atoms with Crippen molar-refractivity contribution in [1.82, 2.24) is 0 Å². The lowest BCUT2D eigenvalue weighted by Gasteiger charge is -2.04. The van der Waals surface area contributed by atoms with Gasteiger partial charge < -0.3 is 9.47 Å². The number of rotatable bonds is 9. The fourth-order valence-electron chi connectivity index (χ4n) is 1.09. The summed E-state index contributed by atoms with van der Waals surface area (Å²) in [5.41, 5.74) is 0. The zero-order valence-electron chi connectivity index (χ0n) is 13.9. The second-order valence-corrected chi connectivity index (χ2v) is 5.00. The highest BCUT2D eigenvalue weighted by molar-refractivity contribution is 5.71. The van der Waals surface area contributed by atoms with Gasteiger partial charge in [-0.1, -0.05) is 47.5 Å². The molecule has 0 aliphatic carbocycles. The van der Waals surface area contributed by atoms with Crippen LogP contribution in [-0.2, 0) is 19.1 Å². The van der Waals surface area contributed by atoms with E-state index in [1.54, 1.807) is 0 Å². The smallest absolute Gasteiger partial charge is 0.308 e. The highest BCUT2D eigenvalue weighted by Gasteiger charge is 2.06. The summed E-state index contributed by atoms with van der Waals surface area (Å²) >= 11 is 0. The molecule has 0 aliphatic rings. The molecular weight excluding hydrogens is 256 g/mol. The Morgan fingerprint density at radius 2 is 1.35 bits per heavy atom. The molecule has 4 heteroatoms. The van der Waals surface area contributed by atoms with Crippen LogP contribution >= 0.6 is 0 Å². The van der Waals surface area contributed by atoms with Crippen LogP contribution < -0.4 is 0 Å². The van der Waals surface area contributed by atoms with Gasteiger partial charge in [-0.2, -0.15) is 0 Å². The number of hydrogen-bond acceptors (Lipinski definition) is 4. The average Bonchev–Trinajstić information content (AvgIpc) is 2.40. The zero-order chi connectivity index (χ0) is 15.8. The molecule has 0 saturated heterocycles. The second kappa shape index (κ2) is 16.0. The van der Waals surface area contributed by atoms with Crippen LogP contribution in [0.2, 0.25) is 0 Å². The molecule has 120 valence electrons. The fraction of sp³-hybridized carbons (Fsp3) is 0.875. The van der Waals surface area contributed by atoms with Crippen molar-refractivity contribution in [1.29, 1.82) is 0 Å². The topological polar surface area (TPSA) is 52.6 Å². The zero-order valence-corrected chi connectivity index (χ0v) is 13.9. The van der Waals surface area contributed by atoms with Crippen molar-refractivity contribution >= 4 is 11.9 Å². The van der Waals surface area contributed by atoms with Crippen LogP contribution in [0.25, 0.3) is 0 Å². The quantitative estimate of drug-likeness (QED) is 0.473. The maximum Gasteiger partial charge on any atom is 0.308 e. The van der Waals surface area contributed by atoms with E-state index in [1.807, 2.05) is 20.8 Å². The number of esters is 2. The Kier molecular flexibility index (Phi) is 17.0. The van der Waals surface area contributed by atoms with Crippen molar-refractivity contribution in [2.45, 2.75) is 73.1 Å². The molecule has 0 aliphatic heterocycles. The van der Waals surface area contributed by atoms with Crippen molar-refractivity contribution in [3.63, 3.8) is 0 Å². The van der Waals surface area contributed by atoms with E-state index in [1.165, 1.54) is 0 Å². The predicted octanol–water partition coefficient (Wildman–Crippen LogP) is 4.12. The van der Waals surface area contributed by atoms with Crippen LogP contribution in [0.15, 0.2) is 0 Å². The average molecular weight is 288 g/mol. The van der Waals surface area contributed by atoms with Gasteiger partial charge >= 0.3 is 11.9 Å². The largest absolute Gasteiger partial charge is 0.466 e. The molecule has 0 aromatic heterocycles. The third-order valence-electron chi connectivity index (χ3n) is 2.43. The molecule has 0 saturated carbocycles. The van der Waals surface area contributed by atoms with Gasteiger partial charge in [-0.25, -0.2) is 0 Å². The fourth-order valence-corrected chi connectivity index (χ4v) is 1.09. The minimum absolute atomic E-state index is 0.0110. The Balaban J connectivity index is 0. The second-order valence-electron chi connectivity index (χ2n) is 5.00. The molecule has 0 bridgehead atoms. The van der Waals surface area contributed by atoms with E-state index in [0.717, 1.165) is 32.1 Å². The number of carbonyl (C=O) groups is 2. The normalized spacial score (nSPS) is 9.70. The van der Waals surface area contributed by atoms with E-state index in [-0.39, 0.29) is 17.9 Å². The lowest BCUT2D eigenvalue weighted by Crippen LogP contribution is -2.12. The SMILES string of the molecule is CCCCOC(=O)C(C)C.CCCCOC(=O)CCC. The van der Waals surface area contributed by atoms with Gasteiger partial charge in [-0.05, 0) is 19.3 Å². The first kappa shape index (κ1) is 21.2. The highest BCUT2D eigenvalue weighted by Crippen LogP contribution is 1.97. The first-order valence-corrected chi connectivity index (χ1v) is 7.81. The lowest BCUT2D eigenvalue weighted by atomic mass is 10.2. The molecule has 0 rings (SSSR count). The molecule has 0 unspecified atom stereocenters. The van der Waals surface area contributed by atoms with Gasteiger partial charge in [0, 0.05) is 6.42 Å². The summed E-state index contributed by atoms with van der Waals surface area (Å²) in [6.45, 7) is 11.0. The Labute approximate surface area is 124 Å². The van der Waals surface area contributed by atoms with Crippen molar-refractivity contribution < 1.29 is 19.1 Å². The molecule has 20 heavy (non-hydrogen) atoms. The standard InChI is InChI=1S/2C8H16O2/c1-4-5-6-10-8(9)7(2)3;1-3-5-7-10-8(9)6-4-2/h7H,4-6H2,1-3H3;3-7H2,1-2H3. The summed E-state index contributed by atoms with van der Waals surface area (Å²) in [7, 11) is 0. The number of ether oxygens (including phenoxy) is 2. The monoisotopic (exact) mass is 288 g/mol. The minimum atomic E-state index is -0.0894. The Morgan fingerprint density at radius 3 is 1.75 bits per heavy atom. The van der Waals surface area contributed by atoms with Crippen molar-refractivity contribution in [3.05, 3.63) is 0 Å². The molecule has 0 spiro atoms. The first-order valence-electron chi connectivity index (χ1n) is 7.81. The van der Waals surface area contributed by atoms with Gasteiger partial charge in [0.1, 0.15) is 0 Å². The lowest BCUT2D eigenvalue weighted by molar-refractivity contribution is -0.147. The van der Waals surface area contributed by atoms with Crippen LogP contribution in [0.5, 0.6) is 0 Å². The van der Waals surface area contributed by atoms with Crippen molar-refractivity contribution in [2.24, 2.45) is 5.92 Å². The maximum absolute atomic E-state index is 10.8. The van der Waals surface area contributed by atoms with Crippen LogP contribution in [0.4, 0.5) is 0 Å². The van der Waals surface area contributed by atoms with Gasteiger partial charge in [0.2, 0.25) is 0 Å². The maximum atomic E-state index is 10.8. The molecule has 0 fully saturated rings. The third-order valence-corrected chi connectivity index (χ3v) is 2.43. The molecule has 0 aromatic rings. The van der Waals surface area contributed by atoms with Crippen LogP contribution in [-0.4, -0.2) is 25.2 Å². The van der Waals surface area contributed by atoms with Gasteiger partial charge in [0.15, 0.2) is 0 Å². The minimum Gasteiger partial charge on any atom is -0.466 e. The number of hydrogen-bond donors (Lipinski definition) is 0. The molecule has 4 nitrogen and oxygen atoms in total. The Hall–Kier alpha value is -1.06. The third kappa shape index (κ3) is 16.9. The summed E-state index contributed by atoms with van der Waals surface area (Å²) in [6, 6.07) is 0. The van der Waals surface area contributed by atoms with Crippen LogP contribution in [0, 0.1) is 5.92 Å². The van der Waals surface area contributed by atoms with Gasteiger partial charge in [-0.15, -0.1) is 0 Å². The van der Waals surface area contributed by atoms with E-state index in [2.05, 4.69) is 13.8 Å². The molecule has 0 radical (unpaired) electrons. The molecule has 0 aromatic carbocycles. The van der Waals surface area contributed by atoms with Gasteiger partial charge in [0.05, 0.1) is 19.1 Å². The van der Waals surface area contributed by atoms with Gasteiger partial charge in [-0.3, -0.25) is 9.59 Å². The number of unbranched alkanes of at least 4 members (excludes halogenated alkanes) is 2. The molecule has 0 heterocycles. The van der Waals surface area contributed by atoms with Crippen molar-refractivity contribution in [2.75, 3.05) is 13.2 Å². The van der Waals surface area contributed by atoms with E-state index < -0.39 is 0 Å². The van der Waals surface area contributed by atoms with Crippen LogP contribution in [0.1, 0.15) is 73.1 Å². The molecule has 0 atom stereocenters. The summed E-state index contributed by atoms with van der Waals surface area (Å²) in [4.78, 5) is 21.5. The first-order chi connectivity index (χ1) is 9.49. The number of carbonyl (C=O) groups excluding carboxylic acids is 2. The van der Waals surface area contributed by atoms with Crippen molar-refractivity contribution in [3.8, 4) is 0 Å². The molecule has 0 amide bonds. The summed E-state index contributed by atoms with van der Waals surface area (Å²) < 4.78 is 9.79. The summed E-state index contributed by atoms with van der Waals surface area (Å²) in [5, 5.41) is 0. The molecule has 0 N–H and O–H groups in total. The van der Waals surface area contributed by atoms with E-state index in [9.17, 15) is 9.59 Å². The van der Waals surface area contributed by atoms with E-state index >= 15 is 0 Å². The van der Waals surface area contributed by atoms with E-state index in [0.29, 0.717) is 19.6 Å². The van der Waals surface area contributed by atoms with Crippen LogP contribution in [0.3, 0.4) is 0 Å². The Morgan fingerprint density at radius 1 is 0.850 bits per heavy atom. The Bertz CT molecular complexity index is 237. The highest BCUT2D eigenvalue weighted by atomic mass is 16.5. The predicted molar refractivity (Wildman–Crippen MR) is 81.5 cm³/mol. The summed E-state index contributed by atoms with van der Waals surface area (Å²) in [5.74, 6) is -0.138. The van der Waals surface area contributed by atoms with E-state index in [4.69, 9.17) is 9.47 Å². The summed E-state index contributed by atoms with van der Waals surface area (Å²) in [6.07, 6.45) is 5.55. The van der Waals surface area contributed by atoms with Gasteiger partial charge in [0.25, 0.3) is 0 Å². The molecular formula is C16H32O4.